The maximum absolute atomic E-state index is 13.7. The van der Waals surface area contributed by atoms with Crippen molar-refractivity contribution >= 4 is 11.8 Å². The number of amides is 2. The molecule has 0 bridgehead atoms. The second-order valence-electron chi connectivity index (χ2n) is 9.51. The number of unbranched alkanes of at least 4 members (excludes halogenated alkanes) is 1. The molecule has 2 aromatic carbocycles. The number of aromatic nitrogens is 2. The minimum absolute atomic E-state index is 0.101. The molecule has 1 aliphatic rings. The Labute approximate surface area is 218 Å². The molecule has 1 aromatic heterocycles. The first kappa shape index (κ1) is 26.4. The third-order valence-electron chi connectivity index (χ3n) is 6.79. The smallest absolute Gasteiger partial charge is 0.245 e. The number of likely N-dealkylation sites (tertiary alicyclic amines) is 1. The fraction of sp³-hybridized carbons (Fsp3) is 0.414. The summed E-state index contributed by atoms with van der Waals surface area (Å²) in [4.78, 5) is 35.3. The Balaban J connectivity index is 1.46. The standard InChI is InChI=1S/C29H36N4O4/c1-3-4-16-37-29(23-8-6-5-7-9-23)19-33(20-29)28(35)26(17-22-10-13-25(36-2)14-11-22)32-27(34)15-12-24-18-30-21-31-24/h5-11,13-14,18,21,26H,3-4,12,15-17,19-20H2,1-2H3,(H,30,31)(H,32,34). The van der Waals surface area contributed by atoms with Crippen molar-refractivity contribution in [2.45, 2.75) is 50.7 Å². The van der Waals surface area contributed by atoms with Crippen LogP contribution in [0.4, 0.5) is 0 Å². The predicted octanol–water partition coefficient (Wildman–Crippen LogP) is 3.63. The van der Waals surface area contributed by atoms with Crippen LogP contribution in [0.2, 0.25) is 0 Å². The van der Waals surface area contributed by atoms with Crippen LogP contribution in [0.1, 0.15) is 43.0 Å². The zero-order valence-electron chi connectivity index (χ0n) is 21.6. The average Bonchev–Trinajstić information content (AvgIpc) is 3.43. The van der Waals surface area contributed by atoms with Crippen LogP contribution in [0, 0.1) is 0 Å². The molecule has 8 nitrogen and oxygen atoms in total. The van der Waals surface area contributed by atoms with Crippen LogP contribution in [-0.4, -0.2) is 59.5 Å². The highest BCUT2D eigenvalue weighted by Crippen LogP contribution is 2.36. The van der Waals surface area contributed by atoms with Gasteiger partial charge in [-0.25, -0.2) is 4.98 Å². The van der Waals surface area contributed by atoms with Gasteiger partial charge in [-0.15, -0.1) is 0 Å². The molecule has 196 valence electrons. The summed E-state index contributed by atoms with van der Waals surface area (Å²) >= 11 is 0. The number of hydrogen-bond acceptors (Lipinski definition) is 5. The fourth-order valence-electron chi connectivity index (χ4n) is 4.59. The predicted molar refractivity (Wildman–Crippen MR) is 141 cm³/mol. The van der Waals surface area contributed by atoms with E-state index < -0.39 is 11.6 Å². The highest BCUT2D eigenvalue weighted by molar-refractivity contribution is 5.88. The molecular weight excluding hydrogens is 468 g/mol. The van der Waals surface area contributed by atoms with Gasteiger partial charge in [0, 0.05) is 31.3 Å². The number of rotatable bonds is 13. The Morgan fingerprint density at radius 3 is 2.54 bits per heavy atom. The first-order valence-electron chi connectivity index (χ1n) is 12.9. The van der Waals surface area contributed by atoms with E-state index in [0.29, 0.717) is 32.5 Å². The van der Waals surface area contributed by atoms with Crippen molar-refractivity contribution in [3.63, 3.8) is 0 Å². The highest BCUT2D eigenvalue weighted by Gasteiger charge is 2.48. The Morgan fingerprint density at radius 2 is 1.89 bits per heavy atom. The summed E-state index contributed by atoms with van der Waals surface area (Å²) in [5.74, 6) is 0.474. The van der Waals surface area contributed by atoms with Crippen LogP contribution in [0.25, 0.3) is 0 Å². The quantitative estimate of drug-likeness (QED) is 0.347. The molecule has 1 aliphatic heterocycles. The SMILES string of the molecule is CCCCOC1(c2ccccc2)CN(C(=O)C(Cc2ccc(OC)cc2)NC(=O)CCc2cnc[nH]2)C1. The van der Waals surface area contributed by atoms with Gasteiger partial charge in [-0.2, -0.15) is 0 Å². The lowest BCUT2D eigenvalue weighted by atomic mass is 9.84. The minimum atomic E-state index is -0.674. The number of benzene rings is 2. The van der Waals surface area contributed by atoms with Gasteiger partial charge in [-0.1, -0.05) is 55.8 Å². The normalized spacial score (nSPS) is 15.0. The Morgan fingerprint density at radius 1 is 1.14 bits per heavy atom. The van der Waals surface area contributed by atoms with Crippen molar-refractivity contribution in [1.82, 2.24) is 20.2 Å². The number of methoxy groups -OCH3 is 1. The summed E-state index contributed by atoms with van der Waals surface area (Å²) in [7, 11) is 1.62. The number of nitrogens with one attached hydrogen (secondary N) is 2. The summed E-state index contributed by atoms with van der Waals surface area (Å²) in [6.07, 6.45) is 6.50. The van der Waals surface area contributed by atoms with Crippen molar-refractivity contribution in [3.05, 3.63) is 83.9 Å². The first-order valence-corrected chi connectivity index (χ1v) is 12.9. The molecule has 1 fully saturated rings. The van der Waals surface area contributed by atoms with E-state index in [4.69, 9.17) is 9.47 Å². The zero-order chi connectivity index (χ0) is 26.1. The van der Waals surface area contributed by atoms with E-state index in [1.807, 2.05) is 42.5 Å². The number of aryl methyl sites for hydroxylation is 1. The van der Waals surface area contributed by atoms with Crippen LogP contribution >= 0.6 is 0 Å². The minimum Gasteiger partial charge on any atom is -0.497 e. The van der Waals surface area contributed by atoms with E-state index in [2.05, 4.69) is 34.3 Å². The van der Waals surface area contributed by atoms with Crippen molar-refractivity contribution in [3.8, 4) is 5.75 Å². The van der Waals surface area contributed by atoms with E-state index in [-0.39, 0.29) is 18.2 Å². The first-order chi connectivity index (χ1) is 18.0. The molecule has 2 N–H and O–H groups in total. The molecule has 2 heterocycles. The van der Waals surface area contributed by atoms with Gasteiger partial charge in [0.25, 0.3) is 0 Å². The molecule has 4 rings (SSSR count). The largest absolute Gasteiger partial charge is 0.497 e. The summed E-state index contributed by atoms with van der Waals surface area (Å²) in [6, 6.07) is 17.0. The number of carbonyl (C=O) groups excluding carboxylic acids is 2. The van der Waals surface area contributed by atoms with Crippen LogP contribution in [0.3, 0.4) is 0 Å². The van der Waals surface area contributed by atoms with Crippen molar-refractivity contribution in [2.24, 2.45) is 0 Å². The van der Waals surface area contributed by atoms with Gasteiger partial charge in [-0.3, -0.25) is 9.59 Å². The van der Waals surface area contributed by atoms with Crippen molar-refractivity contribution < 1.29 is 19.1 Å². The van der Waals surface area contributed by atoms with Crippen molar-refractivity contribution in [2.75, 3.05) is 26.8 Å². The van der Waals surface area contributed by atoms with Gasteiger partial charge in [0.05, 0.1) is 26.5 Å². The number of ether oxygens (including phenoxy) is 2. The average molecular weight is 505 g/mol. The topological polar surface area (TPSA) is 96.6 Å². The van der Waals surface area contributed by atoms with Gasteiger partial charge in [0.2, 0.25) is 11.8 Å². The lowest BCUT2D eigenvalue weighted by molar-refractivity contribution is -0.175. The lowest BCUT2D eigenvalue weighted by Crippen LogP contribution is -2.66. The van der Waals surface area contributed by atoms with Crippen LogP contribution < -0.4 is 10.1 Å². The van der Waals surface area contributed by atoms with Crippen LogP contribution in [0.5, 0.6) is 5.75 Å². The molecule has 1 atom stereocenters. The van der Waals surface area contributed by atoms with Gasteiger partial charge in [0.1, 0.15) is 17.4 Å². The van der Waals surface area contributed by atoms with E-state index >= 15 is 0 Å². The highest BCUT2D eigenvalue weighted by atomic mass is 16.5. The molecule has 0 radical (unpaired) electrons. The van der Waals surface area contributed by atoms with Crippen LogP contribution in [0.15, 0.2) is 67.1 Å². The third kappa shape index (κ3) is 6.77. The van der Waals surface area contributed by atoms with Crippen LogP contribution in [-0.2, 0) is 32.8 Å². The molecule has 0 spiro atoms. The molecule has 0 saturated carbocycles. The Bertz CT molecular complexity index is 1130. The van der Waals surface area contributed by atoms with Gasteiger partial charge < -0.3 is 24.7 Å². The number of carbonyl (C=O) groups is 2. The summed E-state index contributed by atoms with van der Waals surface area (Å²) in [5.41, 5.74) is 2.39. The molecule has 3 aromatic rings. The second-order valence-corrected chi connectivity index (χ2v) is 9.51. The van der Waals surface area contributed by atoms with Gasteiger partial charge in [-0.05, 0) is 36.1 Å². The Kier molecular flexibility index (Phi) is 8.95. The molecule has 37 heavy (non-hydrogen) atoms. The number of imidazole rings is 1. The van der Waals surface area contributed by atoms with E-state index in [9.17, 15) is 9.59 Å². The van der Waals surface area contributed by atoms with Crippen molar-refractivity contribution in [1.29, 1.82) is 0 Å². The van der Waals surface area contributed by atoms with Gasteiger partial charge in [0.15, 0.2) is 0 Å². The van der Waals surface area contributed by atoms with Gasteiger partial charge >= 0.3 is 0 Å². The number of hydrogen-bond donors (Lipinski definition) is 2. The third-order valence-corrected chi connectivity index (χ3v) is 6.79. The second kappa shape index (κ2) is 12.5. The monoisotopic (exact) mass is 504 g/mol. The van der Waals surface area contributed by atoms with E-state index in [1.165, 1.54) is 0 Å². The number of H-pyrrole nitrogens is 1. The number of aromatic amines is 1. The summed E-state index contributed by atoms with van der Waals surface area (Å²) < 4.78 is 11.6. The lowest BCUT2D eigenvalue weighted by Gasteiger charge is -2.51. The molecule has 0 aliphatic carbocycles. The van der Waals surface area contributed by atoms with E-state index in [1.54, 1.807) is 24.5 Å². The molecule has 1 saturated heterocycles. The zero-order valence-corrected chi connectivity index (χ0v) is 21.6. The maximum atomic E-state index is 13.7. The molecule has 2 amide bonds. The summed E-state index contributed by atoms with van der Waals surface area (Å²) in [5, 5.41) is 2.99. The maximum Gasteiger partial charge on any atom is 0.245 e. The molecule has 8 heteroatoms. The van der Waals surface area contributed by atoms with E-state index in [0.717, 1.165) is 35.4 Å². The fourth-order valence-corrected chi connectivity index (χ4v) is 4.59. The summed E-state index contributed by atoms with van der Waals surface area (Å²) in [6.45, 7) is 3.70. The molecular formula is C29H36N4O4. The Hall–Kier alpha value is -3.65. The molecule has 1 unspecified atom stereocenters. The number of nitrogens with zero attached hydrogens (tertiary/aromatic N) is 2.